The Morgan fingerprint density at radius 3 is 0.922 bits per heavy atom. The Morgan fingerprint density at radius 2 is 0.627 bits per heavy atom. The van der Waals surface area contributed by atoms with E-state index >= 15 is 0 Å². The van der Waals surface area contributed by atoms with Gasteiger partial charge in [0.05, 0.1) is 0 Å². The van der Waals surface area contributed by atoms with Gasteiger partial charge in [0.15, 0.2) is 0 Å². The summed E-state index contributed by atoms with van der Waals surface area (Å²) in [5.74, 6) is -4.48. The Balaban J connectivity index is 1.76. The highest BCUT2D eigenvalue weighted by atomic mass is 16.4. The lowest BCUT2D eigenvalue weighted by Crippen LogP contribution is -2.04. The Kier molecular flexibility index (Phi) is 12.6. The molecule has 0 radical (unpaired) electrons. The van der Waals surface area contributed by atoms with E-state index in [1.54, 1.807) is 48.5 Å². The summed E-state index contributed by atoms with van der Waals surface area (Å²) in [6, 6.07) is 16.0. The van der Waals surface area contributed by atoms with Gasteiger partial charge in [-0.2, -0.15) is 0 Å². The second-order valence-electron chi connectivity index (χ2n) is 12.6. The number of carboxylic acids is 4. The van der Waals surface area contributed by atoms with E-state index in [-0.39, 0.29) is 93.6 Å². The molecule has 0 fully saturated rings. The number of carbonyl (C=O) groups is 4. The molecule has 0 saturated carbocycles. The maximum Gasteiger partial charge on any atom is 0.303 e. The summed E-state index contributed by atoms with van der Waals surface area (Å²) in [7, 11) is 0. The monoisotopic (exact) mass is 700 g/mol. The number of benzene rings is 4. The van der Waals surface area contributed by atoms with Crippen LogP contribution in [-0.2, 0) is 64.1 Å². The van der Waals surface area contributed by atoms with Crippen LogP contribution >= 0.6 is 0 Å². The second-order valence-corrected chi connectivity index (χ2v) is 12.6. The number of hydrogen-bond donors (Lipinski definition) is 8. The highest BCUT2D eigenvalue weighted by Crippen LogP contribution is 2.36. The van der Waals surface area contributed by atoms with Crippen LogP contribution < -0.4 is 0 Å². The van der Waals surface area contributed by atoms with Gasteiger partial charge in [-0.3, -0.25) is 19.2 Å². The van der Waals surface area contributed by atoms with Crippen molar-refractivity contribution in [2.75, 3.05) is 0 Å². The molecule has 4 rings (SSSR count). The van der Waals surface area contributed by atoms with Gasteiger partial charge in [0.25, 0.3) is 0 Å². The first kappa shape index (κ1) is 37.8. The fourth-order valence-electron chi connectivity index (χ4n) is 5.98. The molecule has 0 unspecified atom stereocenters. The van der Waals surface area contributed by atoms with Gasteiger partial charge < -0.3 is 40.9 Å². The number of phenolic OH excluding ortho intramolecular Hbond substituents is 4. The fourth-order valence-corrected chi connectivity index (χ4v) is 5.98. The average Bonchev–Trinajstić information content (AvgIpc) is 3.06. The van der Waals surface area contributed by atoms with Gasteiger partial charge in [-0.25, -0.2) is 0 Å². The van der Waals surface area contributed by atoms with Gasteiger partial charge in [0.2, 0.25) is 0 Å². The molecule has 0 spiro atoms. The average molecular weight is 701 g/mol. The van der Waals surface area contributed by atoms with Crippen molar-refractivity contribution in [2.24, 2.45) is 0 Å². The Morgan fingerprint density at radius 1 is 0.373 bits per heavy atom. The van der Waals surface area contributed by atoms with E-state index in [1.807, 2.05) is 0 Å². The van der Waals surface area contributed by atoms with Crippen molar-refractivity contribution in [1.82, 2.24) is 0 Å². The van der Waals surface area contributed by atoms with E-state index in [4.69, 9.17) is 10.2 Å². The van der Waals surface area contributed by atoms with E-state index < -0.39 is 23.9 Å². The molecular formula is C39H40O12. The van der Waals surface area contributed by atoms with Gasteiger partial charge in [-0.05, 0) is 93.5 Å². The lowest BCUT2D eigenvalue weighted by molar-refractivity contribution is -0.138. The second kappa shape index (κ2) is 17.1. The summed E-state index contributed by atoms with van der Waals surface area (Å²) in [5, 5.41) is 81.2. The lowest BCUT2D eigenvalue weighted by Gasteiger charge is -2.17. The summed E-state index contributed by atoms with van der Waals surface area (Å²) in [6.07, 6.45) is 0.0681. The topological polar surface area (TPSA) is 230 Å². The van der Waals surface area contributed by atoms with Crippen LogP contribution in [0.2, 0.25) is 0 Å². The predicted molar refractivity (Wildman–Crippen MR) is 185 cm³/mol. The van der Waals surface area contributed by atoms with Crippen molar-refractivity contribution >= 4 is 23.9 Å². The van der Waals surface area contributed by atoms with E-state index in [2.05, 4.69) is 0 Å². The zero-order valence-corrected chi connectivity index (χ0v) is 27.8. The molecule has 0 bridgehead atoms. The van der Waals surface area contributed by atoms with Crippen molar-refractivity contribution in [3.8, 4) is 23.0 Å². The first-order valence-electron chi connectivity index (χ1n) is 16.3. The number of phenols is 4. The van der Waals surface area contributed by atoms with Crippen LogP contribution in [0.25, 0.3) is 0 Å². The number of hydrogen-bond acceptors (Lipinski definition) is 8. The number of carboxylic acid groups (broad SMARTS) is 4. The molecule has 4 aromatic carbocycles. The largest absolute Gasteiger partial charge is 0.508 e. The van der Waals surface area contributed by atoms with Crippen LogP contribution in [0.4, 0.5) is 0 Å². The molecule has 268 valence electrons. The summed E-state index contributed by atoms with van der Waals surface area (Å²) >= 11 is 0. The van der Waals surface area contributed by atoms with Crippen LogP contribution in [0.15, 0.2) is 60.7 Å². The van der Waals surface area contributed by atoms with Crippen LogP contribution in [-0.4, -0.2) is 64.7 Å². The van der Waals surface area contributed by atoms with Crippen molar-refractivity contribution in [3.05, 3.63) is 116 Å². The van der Waals surface area contributed by atoms with Crippen LogP contribution in [0.3, 0.4) is 0 Å². The molecule has 0 aliphatic rings. The summed E-state index contributed by atoms with van der Waals surface area (Å²) < 4.78 is 0. The smallest absolute Gasteiger partial charge is 0.303 e. The van der Waals surface area contributed by atoms with Crippen LogP contribution in [0, 0.1) is 0 Å². The maximum atomic E-state index is 11.5. The Bertz CT molecular complexity index is 1810. The predicted octanol–water partition coefficient (Wildman–Crippen LogP) is 5.35. The molecule has 0 aliphatic heterocycles. The highest BCUT2D eigenvalue weighted by molar-refractivity contribution is 5.68. The van der Waals surface area contributed by atoms with Crippen molar-refractivity contribution in [3.63, 3.8) is 0 Å². The highest BCUT2D eigenvalue weighted by Gasteiger charge is 2.19. The molecule has 51 heavy (non-hydrogen) atoms. The van der Waals surface area contributed by atoms with Gasteiger partial charge >= 0.3 is 23.9 Å². The Labute approximate surface area is 293 Å². The quantitative estimate of drug-likeness (QED) is 0.0657. The first-order chi connectivity index (χ1) is 24.2. The number of aliphatic carboxylic acids is 4. The zero-order valence-electron chi connectivity index (χ0n) is 27.8. The molecule has 0 amide bonds. The van der Waals surface area contributed by atoms with Crippen LogP contribution in [0.5, 0.6) is 23.0 Å². The third-order valence-corrected chi connectivity index (χ3v) is 8.60. The molecule has 0 aliphatic carbocycles. The van der Waals surface area contributed by atoms with Crippen LogP contribution in [0.1, 0.15) is 81.3 Å². The van der Waals surface area contributed by atoms with Gasteiger partial charge in [0, 0.05) is 44.9 Å². The third kappa shape index (κ3) is 11.0. The van der Waals surface area contributed by atoms with Crippen molar-refractivity contribution in [1.29, 1.82) is 0 Å². The van der Waals surface area contributed by atoms with E-state index in [0.717, 1.165) is 0 Å². The van der Waals surface area contributed by atoms with E-state index in [9.17, 15) is 49.8 Å². The maximum absolute atomic E-state index is 11.5. The minimum atomic E-state index is -1.03. The first-order valence-corrected chi connectivity index (χ1v) is 16.3. The fraction of sp³-hybridized carbons (Fsp3) is 0.282. The molecule has 0 saturated heterocycles. The lowest BCUT2D eigenvalue weighted by atomic mass is 9.90. The zero-order chi connectivity index (χ0) is 37.2. The molecule has 0 atom stereocenters. The van der Waals surface area contributed by atoms with Crippen molar-refractivity contribution in [2.45, 2.75) is 70.6 Å². The minimum Gasteiger partial charge on any atom is -0.508 e. The van der Waals surface area contributed by atoms with Gasteiger partial charge in [-0.1, -0.05) is 48.5 Å². The normalized spacial score (nSPS) is 11.0. The van der Waals surface area contributed by atoms with E-state index in [1.165, 1.54) is 12.1 Å². The third-order valence-electron chi connectivity index (χ3n) is 8.60. The van der Waals surface area contributed by atoms with Crippen molar-refractivity contribution < 1.29 is 60.0 Å². The standard InChI is InChI=1S/C39H40O12/c40-32-7-1-22(3-9-34(42)43)13-26(32)19-28-15-24(5-11-36(46)47)17-30(38(28)50)21-31-18-25(6-12-37(48)49)16-29(39(31)51)20-27-14-23(2-8-33(27)41)4-10-35(44)45/h1-2,7-8,13-18,40-41,50-51H,3-6,9-12,19-21H2,(H,42,43)(H,44,45)(H,46,47)(H,48,49). The SMILES string of the molecule is O=C(O)CCc1ccc(O)c(Cc2cc(CCC(=O)O)cc(Cc3cc(CCC(=O)O)cc(Cc4cc(CCC(=O)O)ccc4O)c3O)c2O)c1. The summed E-state index contributed by atoms with van der Waals surface area (Å²) in [6.45, 7) is 0. The number of aromatic hydroxyl groups is 4. The molecule has 0 heterocycles. The van der Waals surface area contributed by atoms with Gasteiger partial charge in [-0.15, -0.1) is 0 Å². The molecule has 0 aromatic heterocycles. The molecule has 4 aromatic rings. The Hall–Kier alpha value is -6.04. The summed E-state index contributed by atoms with van der Waals surface area (Å²) in [5.41, 5.74) is 4.72. The summed E-state index contributed by atoms with van der Waals surface area (Å²) in [4.78, 5) is 45.0. The molecular weight excluding hydrogens is 660 g/mol. The molecule has 12 heteroatoms. The number of rotatable bonds is 18. The molecule has 12 nitrogen and oxygen atoms in total. The van der Waals surface area contributed by atoms with Gasteiger partial charge in [0.1, 0.15) is 23.0 Å². The number of aryl methyl sites for hydroxylation is 4. The molecule has 8 N–H and O–H groups in total. The minimum absolute atomic E-state index is 0.0276. The van der Waals surface area contributed by atoms with E-state index in [0.29, 0.717) is 55.6 Å².